The number of amides is 1. The second-order valence-corrected chi connectivity index (χ2v) is 5.97. The van der Waals surface area contributed by atoms with E-state index in [0.717, 1.165) is 12.1 Å². The minimum absolute atomic E-state index is 0.0230. The Kier molecular flexibility index (Phi) is 5.01. The number of anilines is 1. The number of hydrogen-bond donors (Lipinski definition) is 3. The summed E-state index contributed by atoms with van der Waals surface area (Å²) in [7, 11) is 0. The predicted octanol–water partition coefficient (Wildman–Crippen LogP) is 1.79. The molecule has 4 nitrogen and oxygen atoms in total. The second kappa shape index (κ2) is 6.75. The maximum Gasteiger partial charge on any atom is 0.225 e. The van der Waals surface area contributed by atoms with Crippen LogP contribution in [0.2, 0.25) is 0 Å². The standard InChI is InChI=1S/C16H24N2O2/c1-11(2)7-14(19)10-18-16(20)13-8-12-5-3-4-6-15(12)17-9-13/h3-6,11,13-14,17,19H,7-10H2,1-2H3,(H,18,20). The zero-order valence-corrected chi connectivity index (χ0v) is 12.2. The Morgan fingerprint density at radius 2 is 2.20 bits per heavy atom. The molecule has 0 aromatic heterocycles. The summed E-state index contributed by atoms with van der Waals surface area (Å²) in [6.07, 6.45) is 1.02. The van der Waals surface area contributed by atoms with Gasteiger partial charge in [0, 0.05) is 18.8 Å². The Labute approximate surface area is 120 Å². The van der Waals surface area contributed by atoms with Gasteiger partial charge in [0.15, 0.2) is 0 Å². The maximum atomic E-state index is 12.1. The van der Waals surface area contributed by atoms with E-state index in [2.05, 4.69) is 30.5 Å². The van der Waals surface area contributed by atoms with Gasteiger partial charge in [-0.25, -0.2) is 0 Å². The first-order valence-electron chi connectivity index (χ1n) is 7.33. The van der Waals surface area contributed by atoms with Crippen molar-refractivity contribution in [3.8, 4) is 0 Å². The Morgan fingerprint density at radius 1 is 1.45 bits per heavy atom. The van der Waals surface area contributed by atoms with Crippen molar-refractivity contribution in [1.82, 2.24) is 5.32 Å². The van der Waals surface area contributed by atoms with Gasteiger partial charge in [-0.1, -0.05) is 32.0 Å². The molecule has 0 bridgehead atoms. The molecule has 2 atom stereocenters. The third-order valence-electron chi connectivity index (χ3n) is 3.65. The quantitative estimate of drug-likeness (QED) is 0.768. The summed E-state index contributed by atoms with van der Waals surface area (Å²) in [6.45, 7) is 5.12. The molecule has 0 saturated heterocycles. The van der Waals surface area contributed by atoms with E-state index in [-0.39, 0.29) is 11.8 Å². The SMILES string of the molecule is CC(C)CC(O)CNC(=O)C1CNc2ccccc2C1. The van der Waals surface area contributed by atoms with Gasteiger partial charge in [0.25, 0.3) is 0 Å². The molecule has 1 aromatic carbocycles. The Bertz CT molecular complexity index is 460. The van der Waals surface area contributed by atoms with Gasteiger partial charge in [-0.2, -0.15) is 0 Å². The summed E-state index contributed by atoms with van der Waals surface area (Å²) in [4.78, 5) is 12.1. The van der Waals surface area contributed by atoms with Gasteiger partial charge in [-0.3, -0.25) is 4.79 Å². The molecule has 1 heterocycles. The zero-order chi connectivity index (χ0) is 14.5. The lowest BCUT2D eigenvalue weighted by Gasteiger charge is -2.26. The molecule has 3 N–H and O–H groups in total. The van der Waals surface area contributed by atoms with Crippen LogP contribution in [0.1, 0.15) is 25.8 Å². The monoisotopic (exact) mass is 276 g/mol. The topological polar surface area (TPSA) is 61.4 Å². The molecule has 0 spiro atoms. The number of carbonyl (C=O) groups excluding carboxylic acids is 1. The van der Waals surface area contributed by atoms with Crippen LogP contribution in [0.25, 0.3) is 0 Å². The van der Waals surface area contributed by atoms with Gasteiger partial charge in [0.2, 0.25) is 5.91 Å². The van der Waals surface area contributed by atoms with E-state index in [1.807, 2.05) is 18.2 Å². The van der Waals surface area contributed by atoms with Crippen molar-refractivity contribution in [1.29, 1.82) is 0 Å². The summed E-state index contributed by atoms with van der Waals surface area (Å²) in [5, 5.41) is 15.9. The molecule has 1 amide bonds. The number of fused-ring (bicyclic) bond motifs is 1. The van der Waals surface area contributed by atoms with E-state index in [0.29, 0.717) is 25.4 Å². The normalized spacial score (nSPS) is 19.1. The largest absolute Gasteiger partial charge is 0.391 e. The molecule has 2 unspecified atom stereocenters. The van der Waals surface area contributed by atoms with Gasteiger partial charge < -0.3 is 15.7 Å². The highest BCUT2D eigenvalue weighted by atomic mass is 16.3. The second-order valence-electron chi connectivity index (χ2n) is 5.97. The number of nitrogens with one attached hydrogen (secondary N) is 2. The van der Waals surface area contributed by atoms with E-state index < -0.39 is 6.10 Å². The number of aliphatic hydroxyl groups is 1. The summed E-state index contributed by atoms with van der Waals surface area (Å²) in [5.74, 6) is 0.399. The van der Waals surface area contributed by atoms with Crippen LogP contribution in [-0.2, 0) is 11.2 Å². The number of para-hydroxylation sites is 1. The smallest absolute Gasteiger partial charge is 0.225 e. The molecule has 1 aromatic rings. The minimum Gasteiger partial charge on any atom is -0.391 e. The van der Waals surface area contributed by atoms with Crippen LogP contribution in [0, 0.1) is 11.8 Å². The van der Waals surface area contributed by atoms with Crippen LogP contribution in [0.15, 0.2) is 24.3 Å². The van der Waals surface area contributed by atoms with E-state index in [1.165, 1.54) is 5.56 Å². The molecule has 1 aliphatic heterocycles. The molecule has 2 rings (SSSR count). The molecule has 0 radical (unpaired) electrons. The maximum absolute atomic E-state index is 12.1. The van der Waals surface area contributed by atoms with Crippen LogP contribution in [0.5, 0.6) is 0 Å². The molecular formula is C16H24N2O2. The van der Waals surface area contributed by atoms with Crippen molar-refractivity contribution in [2.75, 3.05) is 18.4 Å². The fourth-order valence-corrected chi connectivity index (χ4v) is 2.62. The van der Waals surface area contributed by atoms with Crippen LogP contribution in [-0.4, -0.2) is 30.2 Å². The van der Waals surface area contributed by atoms with Crippen molar-refractivity contribution in [2.24, 2.45) is 11.8 Å². The molecule has 1 aliphatic rings. The molecule has 0 fully saturated rings. The van der Waals surface area contributed by atoms with Gasteiger partial charge in [0.1, 0.15) is 0 Å². The number of benzene rings is 1. The number of rotatable bonds is 5. The van der Waals surface area contributed by atoms with Gasteiger partial charge in [-0.15, -0.1) is 0 Å². The predicted molar refractivity (Wildman–Crippen MR) is 80.6 cm³/mol. The van der Waals surface area contributed by atoms with Crippen LogP contribution in [0.3, 0.4) is 0 Å². The lowest BCUT2D eigenvalue weighted by molar-refractivity contribution is -0.125. The van der Waals surface area contributed by atoms with Crippen molar-refractivity contribution in [3.63, 3.8) is 0 Å². The third-order valence-corrected chi connectivity index (χ3v) is 3.65. The van der Waals surface area contributed by atoms with Crippen molar-refractivity contribution < 1.29 is 9.90 Å². The summed E-state index contributed by atoms with van der Waals surface area (Å²) in [5.41, 5.74) is 2.30. The van der Waals surface area contributed by atoms with E-state index in [4.69, 9.17) is 0 Å². The molecule has 110 valence electrons. The summed E-state index contributed by atoms with van der Waals surface area (Å²) >= 11 is 0. The van der Waals surface area contributed by atoms with Crippen molar-refractivity contribution in [3.05, 3.63) is 29.8 Å². The lowest BCUT2D eigenvalue weighted by Crippen LogP contribution is -2.41. The average Bonchev–Trinajstić information content (AvgIpc) is 2.43. The molecule has 0 saturated carbocycles. The number of aliphatic hydroxyl groups excluding tert-OH is 1. The average molecular weight is 276 g/mol. The Balaban J connectivity index is 1.83. The Hall–Kier alpha value is -1.55. The van der Waals surface area contributed by atoms with Crippen molar-refractivity contribution >= 4 is 11.6 Å². The van der Waals surface area contributed by atoms with Crippen LogP contribution in [0.4, 0.5) is 5.69 Å². The fraction of sp³-hybridized carbons (Fsp3) is 0.562. The van der Waals surface area contributed by atoms with E-state index in [9.17, 15) is 9.90 Å². The van der Waals surface area contributed by atoms with Crippen molar-refractivity contribution in [2.45, 2.75) is 32.8 Å². The van der Waals surface area contributed by atoms with Crippen LogP contribution < -0.4 is 10.6 Å². The van der Waals surface area contributed by atoms with Gasteiger partial charge in [-0.05, 0) is 30.4 Å². The highest BCUT2D eigenvalue weighted by Crippen LogP contribution is 2.24. The first-order valence-corrected chi connectivity index (χ1v) is 7.33. The van der Waals surface area contributed by atoms with Gasteiger partial charge in [0.05, 0.1) is 12.0 Å². The third kappa shape index (κ3) is 3.97. The van der Waals surface area contributed by atoms with E-state index >= 15 is 0 Å². The summed E-state index contributed by atoms with van der Waals surface area (Å²) in [6, 6.07) is 8.08. The first kappa shape index (κ1) is 14.9. The number of hydrogen-bond acceptors (Lipinski definition) is 3. The molecule has 20 heavy (non-hydrogen) atoms. The van der Waals surface area contributed by atoms with Gasteiger partial charge >= 0.3 is 0 Å². The lowest BCUT2D eigenvalue weighted by atomic mass is 9.93. The number of carbonyl (C=O) groups is 1. The molecule has 0 aliphatic carbocycles. The highest BCUT2D eigenvalue weighted by molar-refractivity contribution is 5.80. The fourth-order valence-electron chi connectivity index (χ4n) is 2.62. The van der Waals surface area contributed by atoms with Crippen LogP contribution >= 0.6 is 0 Å². The molecule has 4 heteroatoms. The minimum atomic E-state index is -0.456. The Morgan fingerprint density at radius 3 is 2.95 bits per heavy atom. The summed E-state index contributed by atoms with van der Waals surface area (Å²) < 4.78 is 0. The zero-order valence-electron chi connectivity index (χ0n) is 12.2. The molecular weight excluding hydrogens is 252 g/mol. The van der Waals surface area contributed by atoms with E-state index in [1.54, 1.807) is 0 Å². The highest BCUT2D eigenvalue weighted by Gasteiger charge is 2.24. The first-order chi connectivity index (χ1) is 9.56.